The van der Waals surface area contributed by atoms with E-state index < -0.39 is 10.0 Å². The van der Waals surface area contributed by atoms with E-state index in [9.17, 15) is 8.42 Å². The van der Waals surface area contributed by atoms with Gasteiger partial charge in [-0.2, -0.15) is 0 Å². The van der Waals surface area contributed by atoms with Crippen LogP contribution in [0, 0.1) is 0 Å². The van der Waals surface area contributed by atoms with Crippen LogP contribution in [0.1, 0.15) is 26.1 Å². The quantitative estimate of drug-likeness (QED) is 0.437. The van der Waals surface area contributed by atoms with E-state index in [0.717, 1.165) is 36.6 Å². The number of nitrogens with one attached hydrogen (secondary N) is 2. The third-order valence-electron chi connectivity index (χ3n) is 4.67. The van der Waals surface area contributed by atoms with Gasteiger partial charge < -0.3 is 14.6 Å². The van der Waals surface area contributed by atoms with Crippen molar-refractivity contribution >= 4 is 21.7 Å². The summed E-state index contributed by atoms with van der Waals surface area (Å²) in [6.45, 7) is 5.56. The highest BCUT2D eigenvalue weighted by molar-refractivity contribution is 7.89. The number of anilines is 2. The molecule has 166 valence electrons. The number of aryl methyl sites for hydroxylation is 1. The van der Waals surface area contributed by atoms with Gasteiger partial charge in [-0.3, -0.25) is 0 Å². The summed E-state index contributed by atoms with van der Waals surface area (Å²) < 4.78 is 34.1. The molecule has 2 heterocycles. The van der Waals surface area contributed by atoms with Crippen molar-refractivity contribution in [3.8, 4) is 11.4 Å². The molecule has 3 rings (SSSR count). The van der Waals surface area contributed by atoms with Gasteiger partial charge in [0.1, 0.15) is 5.82 Å². The van der Waals surface area contributed by atoms with Crippen LogP contribution >= 0.6 is 0 Å². The van der Waals surface area contributed by atoms with E-state index in [2.05, 4.69) is 43.4 Å². The summed E-state index contributed by atoms with van der Waals surface area (Å²) in [5.41, 5.74) is 2.40. The molecule has 0 bridgehead atoms. The SMILES string of the molecule is CCCc1ncc(-c2ccnc(Nc3ccc(S(=O)(=O)NCCOC)cc3)n2)n1CC. The lowest BCUT2D eigenvalue weighted by Crippen LogP contribution is -2.27. The first kappa shape index (κ1) is 22.9. The average molecular weight is 445 g/mol. The average Bonchev–Trinajstić information content (AvgIpc) is 3.17. The minimum atomic E-state index is -3.57. The molecule has 1 aromatic carbocycles. The van der Waals surface area contributed by atoms with Gasteiger partial charge >= 0.3 is 0 Å². The smallest absolute Gasteiger partial charge is 0.240 e. The van der Waals surface area contributed by atoms with E-state index in [1.165, 1.54) is 19.2 Å². The molecule has 0 spiro atoms. The maximum atomic E-state index is 12.3. The van der Waals surface area contributed by atoms with Crippen LogP contribution in [0.5, 0.6) is 0 Å². The molecule has 0 saturated heterocycles. The number of imidazole rings is 1. The Labute approximate surface area is 183 Å². The molecule has 0 saturated carbocycles. The molecular formula is C21H28N6O3S. The number of hydrogen-bond acceptors (Lipinski definition) is 7. The summed E-state index contributed by atoms with van der Waals surface area (Å²) in [4.78, 5) is 13.6. The molecule has 0 aliphatic heterocycles. The lowest BCUT2D eigenvalue weighted by molar-refractivity contribution is 0.204. The molecule has 0 atom stereocenters. The first-order valence-electron chi connectivity index (χ1n) is 10.2. The van der Waals surface area contributed by atoms with Crippen LogP contribution in [0.3, 0.4) is 0 Å². The van der Waals surface area contributed by atoms with Crippen molar-refractivity contribution in [1.29, 1.82) is 0 Å². The van der Waals surface area contributed by atoms with Crippen molar-refractivity contribution in [3.63, 3.8) is 0 Å². The second-order valence-corrected chi connectivity index (χ2v) is 8.63. The number of benzene rings is 1. The largest absolute Gasteiger partial charge is 0.383 e. The number of ether oxygens (including phenoxy) is 1. The lowest BCUT2D eigenvalue weighted by Gasteiger charge is -2.11. The second kappa shape index (κ2) is 10.5. The first-order valence-corrected chi connectivity index (χ1v) is 11.7. The number of sulfonamides is 1. The Morgan fingerprint density at radius 1 is 1.10 bits per heavy atom. The van der Waals surface area contributed by atoms with Crippen LogP contribution in [-0.4, -0.2) is 48.2 Å². The Hall–Kier alpha value is -2.82. The van der Waals surface area contributed by atoms with Gasteiger partial charge in [0, 0.05) is 38.5 Å². The second-order valence-electron chi connectivity index (χ2n) is 6.86. The fraction of sp³-hybridized carbons (Fsp3) is 0.381. The minimum absolute atomic E-state index is 0.180. The Morgan fingerprint density at radius 2 is 1.87 bits per heavy atom. The van der Waals surface area contributed by atoms with Crippen molar-refractivity contribution in [2.45, 2.75) is 38.1 Å². The number of nitrogens with zero attached hydrogens (tertiary/aromatic N) is 4. The monoisotopic (exact) mass is 444 g/mol. The lowest BCUT2D eigenvalue weighted by atomic mass is 10.3. The van der Waals surface area contributed by atoms with Crippen LogP contribution in [0.4, 0.5) is 11.6 Å². The standard InChI is InChI=1S/C21H28N6O3S/c1-4-6-20-23-15-19(27(20)5-2)18-11-12-22-21(26-18)25-16-7-9-17(10-8-16)31(28,29)24-13-14-30-3/h7-12,15,24H,4-6,13-14H2,1-3H3,(H,22,25,26). The van der Waals surface area contributed by atoms with E-state index in [1.807, 2.05) is 12.3 Å². The van der Waals surface area contributed by atoms with Crippen molar-refractivity contribution in [2.24, 2.45) is 0 Å². The summed E-state index contributed by atoms with van der Waals surface area (Å²) in [5.74, 6) is 1.47. The molecule has 3 aromatic rings. The van der Waals surface area contributed by atoms with Gasteiger partial charge in [-0.1, -0.05) is 6.92 Å². The van der Waals surface area contributed by atoms with E-state index >= 15 is 0 Å². The molecule has 31 heavy (non-hydrogen) atoms. The molecule has 0 aliphatic rings. The van der Waals surface area contributed by atoms with Gasteiger partial charge in [-0.15, -0.1) is 0 Å². The third kappa shape index (κ3) is 5.66. The van der Waals surface area contributed by atoms with Gasteiger partial charge in [0.25, 0.3) is 0 Å². The highest BCUT2D eigenvalue weighted by atomic mass is 32.2. The molecular weight excluding hydrogens is 416 g/mol. The molecule has 0 aliphatic carbocycles. The van der Waals surface area contributed by atoms with Gasteiger partial charge in [0.15, 0.2) is 0 Å². The van der Waals surface area contributed by atoms with Gasteiger partial charge in [0.2, 0.25) is 16.0 Å². The zero-order valence-electron chi connectivity index (χ0n) is 18.0. The van der Waals surface area contributed by atoms with Crippen molar-refractivity contribution in [1.82, 2.24) is 24.2 Å². The highest BCUT2D eigenvalue weighted by Crippen LogP contribution is 2.22. The number of methoxy groups -OCH3 is 1. The Bertz CT molecular complexity index is 1100. The van der Waals surface area contributed by atoms with Crippen LogP contribution in [-0.2, 0) is 27.7 Å². The maximum Gasteiger partial charge on any atom is 0.240 e. The number of aromatic nitrogens is 4. The predicted octanol–water partition coefficient (Wildman–Crippen LogP) is 2.98. The topological polar surface area (TPSA) is 111 Å². The third-order valence-corrected chi connectivity index (χ3v) is 6.14. The zero-order chi connectivity index (χ0) is 22.3. The van der Waals surface area contributed by atoms with Crippen molar-refractivity contribution in [3.05, 3.63) is 48.5 Å². The normalized spacial score (nSPS) is 11.6. The summed E-state index contributed by atoms with van der Waals surface area (Å²) in [6.07, 6.45) is 5.48. The Balaban J connectivity index is 1.76. The van der Waals surface area contributed by atoms with Crippen molar-refractivity contribution in [2.75, 3.05) is 25.6 Å². The highest BCUT2D eigenvalue weighted by Gasteiger charge is 2.14. The summed E-state index contributed by atoms with van der Waals surface area (Å²) >= 11 is 0. The van der Waals surface area contributed by atoms with Crippen LogP contribution < -0.4 is 10.0 Å². The molecule has 10 heteroatoms. The fourth-order valence-electron chi connectivity index (χ4n) is 3.16. The number of hydrogen-bond donors (Lipinski definition) is 2. The van der Waals surface area contributed by atoms with Gasteiger partial charge in [-0.25, -0.2) is 28.1 Å². The summed E-state index contributed by atoms with van der Waals surface area (Å²) in [5, 5.41) is 3.13. The number of rotatable bonds is 11. The van der Waals surface area contributed by atoms with Crippen LogP contribution in [0.15, 0.2) is 47.6 Å². The molecule has 9 nitrogen and oxygen atoms in total. The van der Waals surface area contributed by atoms with E-state index in [0.29, 0.717) is 18.2 Å². The Morgan fingerprint density at radius 3 is 2.55 bits per heavy atom. The molecule has 0 amide bonds. The van der Waals surface area contributed by atoms with Crippen LogP contribution in [0.25, 0.3) is 11.4 Å². The Kier molecular flexibility index (Phi) is 7.72. The van der Waals surface area contributed by atoms with Crippen molar-refractivity contribution < 1.29 is 13.2 Å². The zero-order valence-corrected chi connectivity index (χ0v) is 18.8. The molecule has 2 N–H and O–H groups in total. The van der Waals surface area contributed by atoms with E-state index in [1.54, 1.807) is 18.3 Å². The molecule has 0 radical (unpaired) electrons. The fourth-order valence-corrected chi connectivity index (χ4v) is 4.18. The summed E-state index contributed by atoms with van der Waals surface area (Å²) in [7, 11) is -2.05. The molecule has 2 aromatic heterocycles. The summed E-state index contributed by atoms with van der Waals surface area (Å²) in [6, 6.07) is 8.27. The minimum Gasteiger partial charge on any atom is -0.383 e. The molecule has 0 fully saturated rings. The van der Waals surface area contributed by atoms with Gasteiger partial charge in [-0.05, 0) is 43.7 Å². The van der Waals surface area contributed by atoms with Gasteiger partial charge in [0.05, 0.1) is 29.1 Å². The van der Waals surface area contributed by atoms with E-state index in [-0.39, 0.29) is 11.4 Å². The predicted molar refractivity (Wildman–Crippen MR) is 120 cm³/mol. The van der Waals surface area contributed by atoms with E-state index in [4.69, 9.17) is 4.74 Å². The van der Waals surface area contributed by atoms with Crippen LogP contribution in [0.2, 0.25) is 0 Å². The molecule has 0 unspecified atom stereocenters. The maximum absolute atomic E-state index is 12.3. The first-order chi connectivity index (χ1) is 15.0.